The van der Waals surface area contributed by atoms with Crippen LogP contribution in [0.1, 0.15) is 11.8 Å². The molecular weight excluding hydrogens is 192 g/mol. The molecule has 0 saturated heterocycles. The average molecular weight is 212 g/mol. The molecular formula is C11H20N2S. The number of nitrogens with zero attached hydrogens (tertiary/aromatic N) is 1. The van der Waals surface area contributed by atoms with Crippen LogP contribution in [0, 0.1) is 0 Å². The number of hydrogen-bond donors (Lipinski definition) is 1. The molecule has 1 aromatic rings. The molecule has 2 nitrogen and oxygen atoms in total. The lowest BCUT2D eigenvalue weighted by molar-refractivity contribution is 0.304. The molecule has 0 bridgehead atoms. The van der Waals surface area contributed by atoms with E-state index in [2.05, 4.69) is 48.7 Å². The third-order valence-corrected chi connectivity index (χ3v) is 3.39. The molecule has 3 heteroatoms. The van der Waals surface area contributed by atoms with Crippen molar-refractivity contribution in [3.05, 3.63) is 22.4 Å². The van der Waals surface area contributed by atoms with Gasteiger partial charge in [0.1, 0.15) is 0 Å². The maximum absolute atomic E-state index is 3.47. The monoisotopic (exact) mass is 212 g/mol. The van der Waals surface area contributed by atoms with Gasteiger partial charge in [-0.15, -0.1) is 11.3 Å². The minimum atomic E-state index is 0.610. The maximum Gasteiger partial charge on any atom is 0.0186 e. The van der Waals surface area contributed by atoms with Crippen LogP contribution in [0.2, 0.25) is 0 Å². The van der Waals surface area contributed by atoms with Crippen LogP contribution in [0.15, 0.2) is 17.5 Å². The molecule has 1 N–H and O–H groups in total. The van der Waals surface area contributed by atoms with E-state index in [0.29, 0.717) is 6.04 Å². The molecule has 0 aliphatic carbocycles. The van der Waals surface area contributed by atoms with E-state index in [1.54, 1.807) is 0 Å². The van der Waals surface area contributed by atoms with Crippen molar-refractivity contribution >= 4 is 11.3 Å². The van der Waals surface area contributed by atoms with Crippen LogP contribution in [0.4, 0.5) is 0 Å². The van der Waals surface area contributed by atoms with Gasteiger partial charge in [-0.25, -0.2) is 0 Å². The van der Waals surface area contributed by atoms with Crippen LogP contribution in [0.5, 0.6) is 0 Å². The standard InChI is InChI=1S/C11H20N2S/c1-10(13(2)3)9-12-7-6-11-5-4-8-14-11/h4-5,8,10,12H,6-7,9H2,1-3H3. The summed E-state index contributed by atoms with van der Waals surface area (Å²) in [5, 5.41) is 5.61. The molecule has 0 saturated carbocycles. The highest BCUT2D eigenvalue weighted by Crippen LogP contribution is 2.07. The van der Waals surface area contributed by atoms with Crippen molar-refractivity contribution < 1.29 is 0 Å². The smallest absolute Gasteiger partial charge is 0.0186 e. The van der Waals surface area contributed by atoms with E-state index in [1.807, 2.05) is 11.3 Å². The van der Waals surface area contributed by atoms with Gasteiger partial charge in [0.25, 0.3) is 0 Å². The second kappa shape index (κ2) is 6.17. The number of thiophene rings is 1. The molecule has 14 heavy (non-hydrogen) atoms. The van der Waals surface area contributed by atoms with Gasteiger partial charge in [0, 0.05) is 24.0 Å². The van der Waals surface area contributed by atoms with Crippen LogP contribution in [-0.2, 0) is 6.42 Å². The Kier molecular flexibility index (Phi) is 5.15. The van der Waals surface area contributed by atoms with Crippen LogP contribution in [0.25, 0.3) is 0 Å². The fraction of sp³-hybridized carbons (Fsp3) is 0.636. The first kappa shape index (κ1) is 11.7. The third-order valence-electron chi connectivity index (χ3n) is 2.45. The molecule has 1 rings (SSSR count). The molecule has 1 heterocycles. The zero-order valence-corrected chi connectivity index (χ0v) is 10.1. The number of hydrogen-bond acceptors (Lipinski definition) is 3. The Morgan fingerprint density at radius 2 is 2.29 bits per heavy atom. The lowest BCUT2D eigenvalue weighted by Crippen LogP contribution is -2.36. The van der Waals surface area contributed by atoms with Gasteiger partial charge >= 0.3 is 0 Å². The highest BCUT2D eigenvalue weighted by molar-refractivity contribution is 7.09. The largest absolute Gasteiger partial charge is 0.315 e. The SMILES string of the molecule is CC(CNCCc1cccs1)N(C)C. The van der Waals surface area contributed by atoms with E-state index in [9.17, 15) is 0 Å². The van der Waals surface area contributed by atoms with Crippen molar-refractivity contribution in [2.45, 2.75) is 19.4 Å². The van der Waals surface area contributed by atoms with Crippen molar-refractivity contribution in [2.75, 3.05) is 27.2 Å². The summed E-state index contributed by atoms with van der Waals surface area (Å²) in [5.41, 5.74) is 0. The van der Waals surface area contributed by atoms with Crippen LogP contribution in [-0.4, -0.2) is 38.1 Å². The Bertz CT molecular complexity index is 231. The molecule has 80 valence electrons. The highest BCUT2D eigenvalue weighted by Gasteiger charge is 2.02. The highest BCUT2D eigenvalue weighted by atomic mass is 32.1. The summed E-state index contributed by atoms with van der Waals surface area (Å²) in [4.78, 5) is 3.70. The predicted molar refractivity (Wildman–Crippen MR) is 64.0 cm³/mol. The molecule has 0 aromatic carbocycles. The van der Waals surface area contributed by atoms with Crippen LogP contribution >= 0.6 is 11.3 Å². The molecule has 0 spiro atoms. The van der Waals surface area contributed by atoms with E-state index in [0.717, 1.165) is 19.5 Å². The Morgan fingerprint density at radius 3 is 2.86 bits per heavy atom. The third kappa shape index (κ3) is 4.22. The topological polar surface area (TPSA) is 15.3 Å². The number of likely N-dealkylation sites (N-methyl/N-ethyl adjacent to an activating group) is 1. The first-order valence-electron chi connectivity index (χ1n) is 5.09. The van der Waals surface area contributed by atoms with E-state index in [4.69, 9.17) is 0 Å². The minimum absolute atomic E-state index is 0.610. The Labute approximate surface area is 90.9 Å². The summed E-state index contributed by atoms with van der Waals surface area (Å²) in [6, 6.07) is 4.92. The van der Waals surface area contributed by atoms with Crippen LogP contribution < -0.4 is 5.32 Å². The summed E-state index contributed by atoms with van der Waals surface area (Å²) >= 11 is 1.84. The maximum atomic E-state index is 3.47. The molecule has 1 atom stereocenters. The van der Waals surface area contributed by atoms with Crippen molar-refractivity contribution in [3.8, 4) is 0 Å². The van der Waals surface area contributed by atoms with Crippen molar-refractivity contribution in [2.24, 2.45) is 0 Å². The molecule has 1 unspecified atom stereocenters. The number of rotatable bonds is 6. The van der Waals surface area contributed by atoms with E-state index >= 15 is 0 Å². The van der Waals surface area contributed by atoms with Crippen molar-refractivity contribution in [1.82, 2.24) is 10.2 Å². The fourth-order valence-corrected chi connectivity index (χ4v) is 1.87. The molecule has 0 fully saturated rings. The molecule has 0 radical (unpaired) electrons. The summed E-state index contributed by atoms with van der Waals surface area (Å²) in [5.74, 6) is 0. The fourth-order valence-electron chi connectivity index (χ4n) is 1.16. The number of nitrogens with one attached hydrogen (secondary N) is 1. The second-order valence-electron chi connectivity index (χ2n) is 3.85. The lowest BCUT2D eigenvalue weighted by Gasteiger charge is -2.19. The van der Waals surface area contributed by atoms with Gasteiger partial charge < -0.3 is 10.2 Å². The van der Waals surface area contributed by atoms with Gasteiger partial charge in [-0.2, -0.15) is 0 Å². The molecule has 0 amide bonds. The molecule has 1 aromatic heterocycles. The minimum Gasteiger partial charge on any atom is -0.315 e. The first-order valence-corrected chi connectivity index (χ1v) is 5.97. The first-order chi connectivity index (χ1) is 6.70. The zero-order chi connectivity index (χ0) is 10.4. The second-order valence-corrected chi connectivity index (χ2v) is 4.88. The molecule has 0 aliphatic rings. The van der Waals surface area contributed by atoms with Gasteiger partial charge in [-0.05, 0) is 38.9 Å². The summed E-state index contributed by atoms with van der Waals surface area (Å²) < 4.78 is 0. The Balaban J connectivity index is 2.05. The summed E-state index contributed by atoms with van der Waals surface area (Å²) in [7, 11) is 4.23. The zero-order valence-electron chi connectivity index (χ0n) is 9.29. The lowest BCUT2D eigenvalue weighted by atomic mass is 10.3. The average Bonchev–Trinajstić information content (AvgIpc) is 2.64. The van der Waals surface area contributed by atoms with Crippen molar-refractivity contribution in [3.63, 3.8) is 0 Å². The Hall–Kier alpha value is -0.380. The van der Waals surface area contributed by atoms with Crippen LogP contribution in [0.3, 0.4) is 0 Å². The van der Waals surface area contributed by atoms with Gasteiger partial charge in [-0.3, -0.25) is 0 Å². The Morgan fingerprint density at radius 1 is 1.50 bits per heavy atom. The van der Waals surface area contributed by atoms with Gasteiger partial charge in [0.2, 0.25) is 0 Å². The quantitative estimate of drug-likeness (QED) is 0.724. The van der Waals surface area contributed by atoms with Gasteiger partial charge in [-0.1, -0.05) is 6.07 Å². The van der Waals surface area contributed by atoms with E-state index in [-0.39, 0.29) is 0 Å². The van der Waals surface area contributed by atoms with Crippen molar-refractivity contribution in [1.29, 1.82) is 0 Å². The van der Waals surface area contributed by atoms with E-state index < -0.39 is 0 Å². The van der Waals surface area contributed by atoms with Gasteiger partial charge in [0.05, 0.1) is 0 Å². The van der Waals surface area contributed by atoms with E-state index in [1.165, 1.54) is 4.88 Å². The summed E-state index contributed by atoms with van der Waals surface area (Å²) in [6.45, 7) is 4.38. The molecule has 0 aliphatic heterocycles. The van der Waals surface area contributed by atoms with Gasteiger partial charge in [0.15, 0.2) is 0 Å². The normalized spacial score (nSPS) is 13.4. The predicted octanol–water partition coefficient (Wildman–Crippen LogP) is 1.83. The summed E-state index contributed by atoms with van der Waals surface area (Å²) in [6.07, 6.45) is 1.15.